The van der Waals surface area contributed by atoms with Crippen LogP contribution in [0.3, 0.4) is 0 Å². The number of carbonyl (C=O) groups is 1. The third-order valence-corrected chi connectivity index (χ3v) is 3.59. The number of methoxy groups -OCH3 is 1. The second-order valence-electron chi connectivity index (χ2n) is 5.37. The maximum Gasteiger partial charge on any atom is 0.315 e. The molecule has 0 spiro atoms. The Balaban J connectivity index is 1.73. The van der Waals surface area contributed by atoms with Crippen molar-refractivity contribution < 1.29 is 19.2 Å². The van der Waals surface area contributed by atoms with Crippen LogP contribution in [0.2, 0.25) is 0 Å². The van der Waals surface area contributed by atoms with E-state index in [-0.39, 0.29) is 23.6 Å². The molecular formula is C18H15N3O5. The highest BCUT2D eigenvalue weighted by Gasteiger charge is 2.16. The number of ether oxygens (including phenoxy) is 2. The number of nitrogens with zero attached hydrogens (tertiary/aromatic N) is 3. The molecule has 0 aliphatic rings. The van der Waals surface area contributed by atoms with Crippen molar-refractivity contribution in [2.75, 3.05) is 7.11 Å². The molecule has 1 heterocycles. The minimum Gasteiger partial charge on any atom is -0.493 e. The standard InChI is InChI=1S/C18H15N3O5/c1-25-16-8-7-15(21(23)24)10-17(16)26-18(22)9-13-11-19-20(12-13)14-5-3-2-4-6-14/h2-8,10-12H,9H2,1H3. The van der Waals surface area contributed by atoms with Gasteiger partial charge in [-0.2, -0.15) is 5.10 Å². The van der Waals surface area contributed by atoms with Crippen molar-refractivity contribution in [1.29, 1.82) is 0 Å². The Bertz CT molecular complexity index is 937. The smallest absolute Gasteiger partial charge is 0.315 e. The lowest BCUT2D eigenvalue weighted by Crippen LogP contribution is -2.11. The normalized spacial score (nSPS) is 10.3. The number of nitro groups is 1. The van der Waals surface area contributed by atoms with E-state index in [4.69, 9.17) is 9.47 Å². The SMILES string of the molecule is COc1ccc([N+](=O)[O-])cc1OC(=O)Cc1cnn(-c2ccccc2)c1. The van der Waals surface area contributed by atoms with Crippen LogP contribution in [0.15, 0.2) is 60.9 Å². The van der Waals surface area contributed by atoms with Crippen LogP contribution >= 0.6 is 0 Å². The van der Waals surface area contributed by atoms with Gasteiger partial charge < -0.3 is 9.47 Å². The molecule has 0 aliphatic carbocycles. The third-order valence-electron chi connectivity index (χ3n) is 3.59. The number of esters is 1. The molecule has 3 aromatic rings. The lowest BCUT2D eigenvalue weighted by atomic mass is 10.2. The van der Waals surface area contributed by atoms with E-state index in [0.29, 0.717) is 5.56 Å². The third kappa shape index (κ3) is 3.86. The lowest BCUT2D eigenvalue weighted by Gasteiger charge is -2.08. The van der Waals surface area contributed by atoms with Gasteiger partial charge in [0.15, 0.2) is 11.5 Å². The van der Waals surface area contributed by atoms with E-state index >= 15 is 0 Å². The molecule has 1 aromatic heterocycles. The van der Waals surface area contributed by atoms with E-state index in [0.717, 1.165) is 11.8 Å². The molecule has 0 bridgehead atoms. The molecule has 0 radical (unpaired) electrons. The van der Waals surface area contributed by atoms with E-state index < -0.39 is 10.9 Å². The van der Waals surface area contributed by atoms with Crippen LogP contribution in [0, 0.1) is 10.1 Å². The fraction of sp³-hybridized carbons (Fsp3) is 0.111. The summed E-state index contributed by atoms with van der Waals surface area (Å²) in [5.41, 5.74) is 1.33. The van der Waals surface area contributed by atoms with E-state index in [1.54, 1.807) is 17.1 Å². The van der Waals surface area contributed by atoms with Gasteiger partial charge in [0.1, 0.15) is 0 Å². The minimum atomic E-state index is -0.573. The van der Waals surface area contributed by atoms with E-state index in [2.05, 4.69) is 5.10 Å². The van der Waals surface area contributed by atoms with Gasteiger partial charge in [0.25, 0.3) is 5.69 Å². The van der Waals surface area contributed by atoms with E-state index in [9.17, 15) is 14.9 Å². The first-order chi connectivity index (χ1) is 12.6. The highest BCUT2D eigenvalue weighted by atomic mass is 16.6. The van der Waals surface area contributed by atoms with Crippen LogP contribution < -0.4 is 9.47 Å². The number of para-hydroxylation sites is 1. The Morgan fingerprint density at radius 1 is 1.19 bits per heavy atom. The first kappa shape index (κ1) is 17.2. The van der Waals surface area contributed by atoms with Gasteiger partial charge in [-0.25, -0.2) is 4.68 Å². The summed E-state index contributed by atoms with van der Waals surface area (Å²) in [5, 5.41) is 15.1. The van der Waals surface area contributed by atoms with Crippen molar-refractivity contribution in [2.45, 2.75) is 6.42 Å². The fourth-order valence-corrected chi connectivity index (χ4v) is 2.36. The molecule has 3 rings (SSSR count). The van der Waals surface area contributed by atoms with Gasteiger partial charge in [-0.05, 0) is 18.2 Å². The summed E-state index contributed by atoms with van der Waals surface area (Å²) in [7, 11) is 1.39. The molecule has 0 unspecified atom stereocenters. The van der Waals surface area contributed by atoms with Gasteiger partial charge in [0.05, 0.1) is 36.4 Å². The number of aromatic nitrogens is 2. The zero-order valence-electron chi connectivity index (χ0n) is 13.9. The van der Waals surface area contributed by atoms with E-state index in [1.165, 1.54) is 19.2 Å². The zero-order valence-corrected chi connectivity index (χ0v) is 13.9. The zero-order chi connectivity index (χ0) is 18.5. The number of carbonyl (C=O) groups excluding carboxylic acids is 1. The molecule has 0 saturated carbocycles. The molecule has 8 heteroatoms. The molecule has 132 valence electrons. The first-order valence-electron chi connectivity index (χ1n) is 7.69. The summed E-state index contributed by atoms with van der Waals surface area (Å²) in [6.45, 7) is 0. The topological polar surface area (TPSA) is 96.5 Å². The van der Waals surface area contributed by atoms with Gasteiger partial charge in [0.2, 0.25) is 0 Å². The van der Waals surface area contributed by atoms with Crippen molar-refractivity contribution in [3.05, 3.63) is 76.6 Å². The maximum atomic E-state index is 12.2. The van der Waals surface area contributed by atoms with Crippen molar-refractivity contribution in [3.8, 4) is 17.2 Å². The second-order valence-corrected chi connectivity index (χ2v) is 5.37. The van der Waals surface area contributed by atoms with Crippen molar-refractivity contribution >= 4 is 11.7 Å². The average molecular weight is 353 g/mol. The number of hydrogen-bond acceptors (Lipinski definition) is 6. The molecule has 8 nitrogen and oxygen atoms in total. The van der Waals surface area contributed by atoms with Gasteiger partial charge in [-0.1, -0.05) is 18.2 Å². The quantitative estimate of drug-likeness (QED) is 0.292. The average Bonchev–Trinajstić information content (AvgIpc) is 3.10. The molecular weight excluding hydrogens is 338 g/mol. The number of non-ortho nitro benzene ring substituents is 1. The molecule has 0 atom stereocenters. The molecule has 0 N–H and O–H groups in total. The first-order valence-corrected chi connectivity index (χ1v) is 7.69. The van der Waals surface area contributed by atoms with Crippen molar-refractivity contribution in [3.63, 3.8) is 0 Å². The highest BCUT2D eigenvalue weighted by Crippen LogP contribution is 2.31. The predicted molar refractivity (Wildman–Crippen MR) is 92.6 cm³/mol. The Morgan fingerprint density at radius 2 is 1.96 bits per heavy atom. The van der Waals surface area contributed by atoms with Gasteiger partial charge in [-0.3, -0.25) is 14.9 Å². The number of benzene rings is 2. The Kier molecular flexibility index (Phi) is 4.93. The fourth-order valence-electron chi connectivity index (χ4n) is 2.36. The molecule has 26 heavy (non-hydrogen) atoms. The Morgan fingerprint density at radius 3 is 2.65 bits per heavy atom. The van der Waals surface area contributed by atoms with Crippen LogP contribution in [0.1, 0.15) is 5.56 Å². The highest BCUT2D eigenvalue weighted by molar-refractivity contribution is 5.76. The summed E-state index contributed by atoms with van der Waals surface area (Å²) in [6.07, 6.45) is 3.26. The second kappa shape index (κ2) is 7.47. The van der Waals surface area contributed by atoms with Crippen LogP contribution in [-0.2, 0) is 11.2 Å². The number of hydrogen-bond donors (Lipinski definition) is 0. The van der Waals surface area contributed by atoms with Crippen LogP contribution in [0.25, 0.3) is 5.69 Å². The molecule has 0 aliphatic heterocycles. The van der Waals surface area contributed by atoms with Gasteiger partial charge in [0, 0.05) is 17.8 Å². The summed E-state index contributed by atoms with van der Waals surface area (Å²) < 4.78 is 12.0. The Hall–Kier alpha value is -3.68. The van der Waals surface area contributed by atoms with Gasteiger partial charge >= 0.3 is 5.97 Å². The summed E-state index contributed by atoms with van der Waals surface area (Å²) in [4.78, 5) is 22.5. The summed E-state index contributed by atoms with van der Waals surface area (Å²) in [6, 6.07) is 13.3. The summed E-state index contributed by atoms with van der Waals surface area (Å²) in [5.74, 6) is -0.331. The molecule has 0 amide bonds. The maximum absolute atomic E-state index is 12.2. The van der Waals surface area contributed by atoms with E-state index in [1.807, 2.05) is 30.3 Å². The monoisotopic (exact) mass is 353 g/mol. The molecule has 0 saturated heterocycles. The number of rotatable bonds is 6. The molecule has 2 aromatic carbocycles. The Labute approximate surface area is 148 Å². The predicted octanol–water partition coefficient (Wildman–Crippen LogP) is 2.94. The largest absolute Gasteiger partial charge is 0.493 e. The molecule has 0 fully saturated rings. The number of nitro benzene ring substituents is 1. The van der Waals surface area contributed by atoms with Crippen LogP contribution in [0.5, 0.6) is 11.5 Å². The van der Waals surface area contributed by atoms with Crippen molar-refractivity contribution in [2.24, 2.45) is 0 Å². The summed E-state index contributed by atoms with van der Waals surface area (Å²) >= 11 is 0. The minimum absolute atomic E-state index is 0.00199. The van der Waals surface area contributed by atoms with Crippen LogP contribution in [-0.4, -0.2) is 27.8 Å². The van der Waals surface area contributed by atoms with Crippen molar-refractivity contribution in [1.82, 2.24) is 9.78 Å². The lowest BCUT2D eigenvalue weighted by molar-refractivity contribution is -0.384. The van der Waals surface area contributed by atoms with Crippen LogP contribution in [0.4, 0.5) is 5.69 Å². The van der Waals surface area contributed by atoms with Gasteiger partial charge in [-0.15, -0.1) is 0 Å².